The smallest absolute Gasteiger partial charge is 0.408 e. The van der Waals surface area contributed by atoms with Crippen molar-refractivity contribution in [3.05, 3.63) is 101 Å². The van der Waals surface area contributed by atoms with Crippen molar-refractivity contribution in [1.29, 1.82) is 0 Å². The van der Waals surface area contributed by atoms with E-state index in [1.54, 1.807) is 24.3 Å². The predicted octanol–water partition coefficient (Wildman–Crippen LogP) is 3.95. The molecule has 3 aromatic carbocycles. The van der Waals surface area contributed by atoms with Gasteiger partial charge in [0.2, 0.25) is 0 Å². The number of hydrogen-bond acceptors (Lipinski definition) is 6. The third-order valence-electron chi connectivity index (χ3n) is 5.83. The number of hydrogen-bond donors (Lipinski definition) is 3. The Hall–Kier alpha value is -4.40. The topological polar surface area (TPSA) is 106 Å². The van der Waals surface area contributed by atoms with Gasteiger partial charge >= 0.3 is 12.1 Å². The van der Waals surface area contributed by atoms with Crippen LogP contribution in [0.15, 0.2) is 72.8 Å². The van der Waals surface area contributed by atoms with Gasteiger partial charge in [-0.05, 0) is 41.7 Å². The average Bonchev–Trinajstić information content (AvgIpc) is 2.93. The van der Waals surface area contributed by atoms with Gasteiger partial charge in [-0.15, -0.1) is 0 Å². The van der Waals surface area contributed by atoms with Crippen molar-refractivity contribution in [3.63, 3.8) is 0 Å². The molecule has 192 valence electrons. The largest absolute Gasteiger partial charge is 0.459 e. The Morgan fingerprint density at radius 1 is 0.919 bits per heavy atom. The van der Waals surface area contributed by atoms with Crippen molar-refractivity contribution in [2.24, 2.45) is 0 Å². The van der Waals surface area contributed by atoms with Gasteiger partial charge in [0.1, 0.15) is 25.1 Å². The quantitative estimate of drug-likeness (QED) is 0.381. The Balaban J connectivity index is 1.42. The summed E-state index contributed by atoms with van der Waals surface area (Å²) in [6.07, 6.45) is 0.649. The summed E-state index contributed by atoms with van der Waals surface area (Å²) in [5, 5.41) is 8.23. The van der Waals surface area contributed by atoms with Gasteiger partial charge in [-0.2, -0.15) is 0 Å². The maximum Gasteiger partial charge on any atom is 0.408 e. The van der Waals surface area contributed by atoms with E-state index in [2.05, 4.69) is 16.0 Å². The lowest BCUT2D eigenvalue weighted by Crippen LogP contribution is -2.49. The third-order valence-corrected chi connectivity index (χ3v) is 5.83. The van der Waals surface area contributed by atoms with Gasteiger partial charge in [0, 0.05) is 13.1 Å². The predicted molar refractivity (Wildman–Crippen MR) is 135 cm³/mol. The Morgan fingerprint density at radius 2 is 1.57 bits per heavy atom. The second-order valence-corrected chi connectivity index (χ2v) is 8.58. The molecule has 0 radical (unpaired) electrons. The van der Waals surface area contributed by atoms with Crippen LogP contribution in [-0.4, -0.2) is 37.1 Å². The number of carbonyl (C=O) groups is 3. The van der Waals surface area contributed by atoms with Crippen LogP contribution in [0.2, 0.25) is 0 Å². The number of alkyl carbamates (subject to hydrolysis) is 1. The second kappa shape index (κ2) is 12.5. The zero-order valence-electron chi connectivity index (χ0n) is 20.2. The summed E-state index contributed by atoms with van der Waals surface area (Å²) >= 11 is 0. The van der Waals surface area contributed by atoms with Crippen LogP contribution in [0.3, 0.4) is 0 Å². The number of carbonyl (C=O) groups excluding carboxylic acids is 3. The summed E-state index contributed by atoms with van der Waals surface area (Å²) in [5.41, 5.74) is 2.97. The fourth-order valence-electron chi connectivity index (χ4n) is 3.96. The first kappa shape index (κ1) is 25.7. The average molecular weight is 506 g/mol. The third kappa shape index (κ3) is 7.30. The standard InChI is InChI=1S/C28H28FN3O5/c29-22-14-21-12-7-13-30-25(21)23(15-22)26(33)31-16-24(27(34)36-17-19-8-3-1-4-9-19)32-28(35)37-18-20-10-5-2-6-11-20/h1-6,8-11,14-15,24,30H,7,12-13,16-18H2,(H,31,33)(H,32,35)/t24-/m1/s1. The zero-order chi connectivity index (χ0) is 26.0. The summed E-state index contributed by atoms with van der Waals surface area (Å²) in [5.74, 6) is -1.85. The van der Waals surface area contributed by atoms with Crippen molar-refractivity contribution >= 4 is 23.7 Å². The van der Waals surface area contributed by atoms with Gasteiger partial charge in [-0.3, -0.25) is 4.79 Å². The molecule has 0 spiro atoms. The number of nitrogens with one attached hydrogen (secondary N) is 3. The lowest BCUT2D eigenvalue weighted by molar-refractivity contribution is -0.147. The van der Waals surface area contributed by atoms with E-state index in [0.717, 1.165) is 29.2 Å². The number of benzene rings is 3. The fraction of sp³-hybridized carbons (Fsp3) is 0.250. The van der Waals surface area contributed by atoms with Crippen LogP contribution in [0.5, 0.6) is 0 Å². The molecule has 0 fully saturated rings. The number of ether oxygens (including phenoxy) is 2. The van der Waals surface area contributed by atoms with E-state index in [0.29, 0.717) is 18.7 Å². The maximum absolute atomic E-state index is 14.1. The number of anilines is 1. The first-order valence-electron chi connectivity index (χ1n) is 12.0. The highest BCUT2D eigenvalue weighted by molar-refractivity contribution is 6.00. The summed E-state index contributed by atoms with van der Waals surface area (Å²) < 4.78 is 24.7. The van der Waals surface area contributed by atoms with Gasteiger partial charge in [-0.1, -0.05) is 60.7 Å². The Bertz CT molecular complexity index is 1240. The molecule has 3 N–H and O–H groups in total. The molecule has 8 nitrogen and oxygen atoms in total. The molecule has 1 aliphatic rings. The van der Waals surface area contributed by atoms with Crippen LogP contribution in [0.1, 0.15) is 33.5 Å². The van der Waals surface area contributed by atoms with Crippen molar-refractivity contribution in [2.75, 3.05) is 18.4 Å². The number of amides is 2. The van der Waals surface area contributed by atoms with Crippen molar-refractivity contribution < 1.29 is 28.2 Å². The molecule has 3 aromatic rings. The number of aryl methyl sites for hydroxylation is 1. The molecule has 2 amide bonds. The number of esters is 1. The minimum atomic E-state index is -1.23. The highest BCUT2D eigenvalue weighted by Gasteiger charge is 2.26. The van der Waals surface area contributed by atoms with E-state index in [1.165, 1.54) is 6.07 Å². The summed E-state index contributed by atoms with van der Waals surface area (Å²) in [7, 11) is 0. The molecule has 1 atom stereocenters. The van der Waals surface area contributed by atoms with Crippen LogP contribution in [0, 0.1) is 5.82 Å². The molecule has 0 aliphatic carbocycles. The molecular weight excluding hydrogens is 477 g/mol. The first-order chi connectivity index (χ1) is 18.0. The van der Waals surface area contributed by atoms with Gasteiger partial charge in [0.25, 0.3) is 5.91 Å². The summed E-state index contributed by atoms with van der Waals surface area (Å²) in [6, 6.07) is 19.5. The van der Waals surface area contributed by atoms with Gasteiger partial charge in [-0.25, -0.2) is 14.0 Å². The molecule has 0 saturated carbocycles. The van der Waals surface area contributed by atoms with Crippen molar-refractivity contribution in [3.8, 4) is 0 Å². The molecule has 0 unspecified atom stereocenters. The van der Waals surface area contributed by atoms with Crippen LogP contribution >= 0.6 is 0 Å². The van der Waals surface area contributed by atoms with E-state index in [1.807, 2.05) is 36.4 Å². The monoisotopic (exact) mass is 505 g/mol. The molecule has 9 heteroatoms. The summed E-state index contributed by atoms with van der Waals surface area (Å²) in [6.45, 7) is 0.387. The SMILES string of the molecule is O=C(N[C@H](CNC(=O)c1cc(F)cc2c1NCCC2)C(=O)OCc1ccccc1)OCc1ccccc1. The van der Waals surface area contributed by atoms with Gasteiger partial charge in [0.15, 0.2) is 0 Å². The molecular formula is C28H28FN3O5. The van der Waals surface area contributed by atoms with E-state index in [-0.39, 0.29) is 25.3 Å². The number of halogens is 1. The highest BCUT2D eigenvalue weighted by atomic mass is 19.1. The van der Waals surface area contributed by atoms with E-state index >= 15 is 0 Å². The molecule has 1 aliphatic heterocycles. The molecule has 4 rings (SSSR count). The molecule has 1 heterocycles. The van der Waals surface area contributed by atoms with Crippen molar-refractivity contribution in [1.82, 2.24) is 10.6 Å². The van der Waals surface area contributed by atoms with Crippen LogP contribution < -0.4 is 16.0 Å². The minimum absolute atomic E-state index is 0.00587. The lowest BCUT2D eigenvalue weighted by atomic mass is 9.98. The molecule has 0 saturated heterocycles. The van der Waals surface area contributed by atoms with Gasteiger partial charge < -0.3 is 25.4 Å². The van der Waals surface area contributed by atoms with Gasteiger partial charge in [0.05, 0.1) is 11.3 Å². The van der Waals surface area contributed by atoms with Crippen molar-refractivity contribution in [2.45, 2.75) is 32.1 Å². The normalized spacial score (nSPS) is 12.9. The molecule has 0 bridgehead atoms. The maximum atomic E-state index is 14.1. The fourth-order valence-corrected chi connectivity index (χ4v) is 3.96. The Morgan fingerprint density at radius 3 is 2.24 bits per heavy atom. The van der Waals surface area contributed by atoms with E-state index in [9.17, 15) is 18.8 Å². The molecule has 37 heavy (non-hydrogen) atoms. The van der Waals surface area contributed by atoms with E-state index < -0.39 is 29.8 Å². The highest BCUT2D eigenvalue weighted by Crippen LogP contribution is 2.27. The second-order valence-electron chi connectivity index (χ2n) is 8.58. The van der Waals surface area contributed by atoms with E-state index in [4.69, 9.17) is 9.47 Å². The van der Waals surface area contributed by atoms with Crippen LogP contribution in [0.4, 0.5) is 14.9 Å². The number of fused-ring (bicyclic) bond motifs is 1. The minimum Gasteiger partial charge on any atom is -0.459 e. The zero-order valence-corrected chi connectivity index (χ0v) is 20.2. The number of rotatable bonds is 9. The Labute approximate surface area is 214 Å². The van der Waals surface area contributed by atoms with Crippen LogP contribution in [-0.2, 0) is 33.9 Å². The summed E-state index contributed by atoms with van der Waals surface area (Å²) in [4.78, 5) is 38.2. The lowest BCUT2D eigenvalue weighted by Gasteiger charge is -2.22. The molecule has 0 aromatic heterocycles. The van der Waals surface area contributed by atoms with Crippen LogP contribution in [0.25, 0.3) is 0 Å². The first-order valence-corrected chi connectivity index (χ1v) is 12.0. The Kier molecular flexibility index (Phi) is 8.70.